The summed E-state index contributed by atoms with van der Waals surface area (Å²) in [6, 6.07) is 25.2. The van der Waals surface area contributed by atoms with Crippen molar-refractivity contribution < 1.29 is 4.42 Å². The summed E-state index contributed by atoms with van der Waals surface area (Å²) in [4.78, 5) is 13.0. The fourth-order valence-electron chi connectivity index (χ4n) is 4.09. The molecule has 1 unspecified atom stereocenters. The van der Waals surface area contributed by atoms with Gasteiger partial charge >= 0.3 is 5.63 Å². The number of fused-ring (bicyclic) bond motifs is 6. The minimum Gasteiger partial charge on any atom is -0.422 e. The van der Waals surface area contributed by atoms with Crippen LogP contribution in [0, 0.1) is 0 Å². The minimum absolute atomic E-state index is 0.347. The minimum atomic E-state index is -0.360. The molecule has 1 N–H and O–H groups in total. The molecule has 0 saturated carbocycles. The molecule has 6 rings (SSSR count). The van der Waals surface area contributed by atoms with Crippen LogP contribution in [-0.2, 0) is 0 Å². The van der Waals surface area contributed by atoms with Gasteiger partial charge in [-0.1, -0.05) is 54.6 Å². The smallest absolute Gasteiger partial charge is 0.344 e. The number of nitrogens with zero attached hydrogens (tertiary/aromatic N) is 2. The summed E-state index contributed by atoms with van der Waals surface area (Å²) in [7, 11) is 0. The SMILES string of the molecule is O=c1oc2ccccc2c2c1C(c1ccccc1)n1nc3ccccc3c1N2. The molecular weight excluding hydrogens is 350 g/mol. The van der Waals surface area contributed by atoms with E-state index in [1.54, 1.807) is 0 Å². The number of hydrogen-bond acceptors (Lipinski definition) is 4. The van der Waals surface area contributed by atoms with Gasteiger partial charge < -0.3 is 9.73 Å². The van der Waals surface area contributed by atoms with E-state index in [2.05, 4.69) is 5.32 Å². The zero-order chi connectivity index (χ0) is 18.7. The maximum absolute atomic E-state index is 13.0. The molecule has 0 spiro atoms. The first-order valence-electron chi connectivity index (χ1n) is 9.16. The number of anilines is 2. The van der Waals surface area contributed by atoms with Crippen LogP contribution < -0.4 is 10.9 Å². The zero-order valence-corrected chi connectivity index (χ0v) is 14.8. The molecule has 0 saturated heterocycles. The van der Waals surface area contributed by atoms with E-state index in [1.165, 1.54) is 0 Å². The van der Waals surface area contributed by atoms with E-state index in [9.17, 15) is 4.79 Å². The van der Waals surface area contributed by atoms with E-state index < -0.39 is 0 Å². The Morgan fingerprint density at radius 2 is 1.57 bits per heavy atom. The van der Waals surface area contributed by atoms with Crippen LogP contribution in [0.1, 0.15) is 17.2 Å². The largest absolute Gasteiger partial charge is 0.422 e. The van der Waals surface area contributed by atoms with Gasteiger partial charge in [-0.25, -0.2) is 9.48 Å². The highest BCUT2D eigenvalue weighted by molar-refractivity contribution is 5.99. The van der Waals surface area contributed by atoms with Gasteiger partial charge in [0, 0.05) is 10.8 Å². The van der Waals surface area contributed by atoms with Crippen molar-refractivity contribution in [2.24, 2.45) is 0 Å². The monoisotopic (exact) mass is 365 g/mol. The molecule has 5 nitrogen and oxygen atoms in total. The van der Waals surface area contributed by atoms with Crippen molar-refractivity contribution in [3.05, 3.63) is 100 Å². The number of nitrogens with one attached hydrogen (secondary N) is 1. The van der Waals surface area contributed by atoms with E-state index >= 15 is 0 Å². The van der Waals surface area contributed by atoms with Gasteiger partial charge in [-0.3, -0.25) is 0 Å². The van der Waals surface area contributed by atoms with E-state index in [4.69, 9.17) is 9.52 Å². The van der Waals surface area contributed by atoms with Gasteiger partial charge in [-0.05, 0) is 29.8 Å². The van der Waals surface area contributed by atoms with Crippen molar-refractivity contribution in [2.75, 3.05) is 5.32 Å². The molecule has 134 valence electrons. The Morgan fingerprint density at radius 1 is 0.857 bits per heavy atom. The molecule has 0 aliphatic carbocycles. The van der Waals surface area contributed by atoms with Crippen molar-refractivity contribution >= 4 is 33.4 Å². The first kappa shape index (κ1) is 15.2. The Kier molecular flexibility index (Phi) is 3.03. The van der Waals surface area contributed by atoms with Crippen LogP contribution in [0.25, 0.3) is 21.9 Å². The van der Waals surface area contributed by atoms with Gasteiger partial charge in [0.1, 0.15) is 17.4 Å². The first-order valence-corrected chi connectivity index (χ1v) is 9.16. The Balaban J connectivity index is 1.76. The van der Waals surface area contributed by atoms with Gasteiger partial charge in [0.2, 0.25) is 0 Å². The summed E-state index contributed by atoms with van der Waals surface area (Å²) in [6.07, 6.45) is 0. The fourth-order valence-corrected chi connectivity index (χ4v) is 4.09. The van der Waals surface area contributed by atoms with Crippen molar-refractivity contribution in [1.82, 2.24) is 9.78 Å². The van der Waals surface area contributed by atoms with Crippen LogP contribution in [0.3, 0.4) is 0 Å². The maximum atomic E-state index is 13.0. The molecule has 0 amide bonds. The molecule has 1 atom stereocenters. The van der Waals surface area contributed by atoms with Crippen LogP contribution in [0.4, 0.5) is 11.5 Å². The number of aromatic nitrogens is 2. The average Bonchev–Trinajstić information content (AvgIpc) is 3.11. The molecular formula is C23H15N3O2. The third kappa shape index (κ3) is 2.01. The van der Waals surface area contributed by atoms with Crippen LogP contribution in [0.5, 0.6) is 0 Å². The molecule has 5 aromatic rings. The number of benzene rings is 3. The van der Waals surface area contributed by atoms with Crippen LogP contribution >= 0.6 is 0 Å². The lowest BCUT2D eigenvalue weighted by atomic mass is 9.95. The summed E-state index contributed by atoms with van der Waals surface area (Å²) in [5.41, 5.74) is 3.46. The summed E-state index contributed by atoms with van der Waals surface area (Å²) in [5.74, 6) is 0.882. The highest BCUT2D eigenvalue weighted by Crippen LogP contribution is 2.43. The third-order valence-electron chi connectivity index (χ3n) is 5.33. The summed E-state index contributed by atoms with van der Waals surface area (Å²) in [6.45, 7) is 0. The average molecular weight is 365 g/mol. The zero-order valence-electron chi connectivity index (χ0n) is 14.8. The first-order chi connectivity index (χ1) is 13.8. The van der Waals surface area contributed by atoms with Gasteiger partial charge in [0.15, 0.2) is 0 Å². The van der Waals surface area contributed by atoms with Crippen molar-refractivity contribution in [3.8, 4) is 0 Å². The maximum Gasteiger partial charge on any atom is 0.344 e. The van der Waals surface area contributed by atoms with Crippen molar-refractivity contribution in [2.45, 2.75) is 6.04 Å². The standard InChI is InChI=1S/C23H15N3O2/c27-23-19-20(16-11-5-7-13-18(16)28-23)24-22-15-10-4-6-12-17(15)25-26(22)21(19)14-8-2-1-3-9-14/h1-13,21,24H. The van der Waals surface area contributed by atoms with Crippen LogP contribution in [0.15, 0.2) is 88.1 Å². The van der Waals surface area contributed by atoms with Crippen molar-refractivity contribution in [1.29, 1.82) is 0 Å². The van der Waals surface area contributed by atoms with E-state index in [0.717, 1.165) is 33.4 Å². The number of rotatable bonds is 1. The fraction of sp³-hybridized carbons (Fsp3) is 0.0435. The Morgan fingerprint density at radius 3 is 2.43 bits per heavy atom. The quantitative estimate of drug-likeness (QED) is 0.424. The highest BCUT2D eigenvalue weighted by atomic mass is 16.4. The second-order valence-corrected chi connectivity index (χ2v) is 6.92. The highest BCUT2D eigenvalue weighted by Gasteiger charge is 2.33. The number of para-hydroxylation sites is 1. The molecule has 0 radical (unpaired) electrons. The van der Waals surface area contributed by atoms with Crippen LogP contribution in [0.2, 0.25) is 0 Å². The predicted molar refractivity (Wildman–Crippen MR) is 109 cm³/mol. The van der Waals surface area contributed by atoms with E-state index in [-0.39, 0.29) is 11.7 Å². The molecule has 1 aliphatic heterocycles. The topological polar surface area (TPSA) is 60.1 Å². The molecule has 0 fully saturated rings. The van der Waals surface area contributed by atoms with Gasteiger partial charge in [-0.2, -0.15) is 5.10 Å². The third-order valence-corrected chi connectivity index (χ3v) is 5.33. The predicted octanol–water partition coefficient (Wildman–Crippen LogP) is 4.84. The molecule has 5 heteroatoms. The summed E-state index contributed by atoms with van der Waals surface area (Å²) >= 11 is 0. The molecule has 1 aliphatic rings. The lowest BCUT2D eigenvalue weighted by molar-refractivity contribution is 0.518. The summed E-state index contributed by atoms with van der Waals surface area (Å²) in [5, 5.41) is 10.2. The van der Waals surface area contributed by atoms with E-state index in [1.807, 2.05) is 83.5 Å². The second-order valence-electron chi connectivity index (χ2n) is 6.92. The Bertz CT molecular complexity index is 1420. The molecule has 0 bridgehead atoms. The molecule has 3 aromatic carbocycles. The second kappa shape index (κ2) is 5.57. The van der Waals surface area contributed by atoms with Crippen LogP contribution in [-0.4, -0.2) is 9.78 Å². The number of hydrogen-bond donors (Lipinski definition) is 1. The molecule has 28 heavy (non-hydrogen) atoms. The normalized spacial score (nSPS) is 15.2. The Hall–Kier alpha value is -3.86. The summed E-state index contributed by atoms with van der Waals surface area (Å²) < 4.78 is 7.56. The van der Waals surface area contributed by atoms with Crippen molar-refractivity contribution in [3.63, 3.8) is 0 Å². The molecule has 3 heterocycles. The lowest BCUT2D eigenvalue weighted by Crippen LogP contribution is -2.27. The Labute approximate surface area is 159 Å². The van der Waals surface area contributed by atoms with E-state index in [0.29, 0.717) is 11.1 Å². The van der Waals surface area contributed by atoms with Gasteiger partial charge in [-0.15, -0.1) is 0 Å². The lowest BCUT2D eigenvalue weighted by Gasteiger charge is -2.28. The van der Waals surface area contributed by atoms with Gasteiger partial charge in [0.05, 0.1) is 16.8 Å². The molecule has 2 aromatic heterocycles. The van der Waals surface area contributed by atoms with Gasteiger partial charge in [0.25, 0.3) is 0 Å².